The van der Waals surface area contributed by atoms with Crippen molar-refractivity contribution in [1.82, 2.24) is 0 Å². The molecule has 0 atom stereocenters. The third kappa shape index (κ3) is 3.39. The first-order valence-electron chi connectivity index (χ1n) is 7.90. The van der Waals surface area contributed by atoms with Crippen LogP contribution in [0, 0.1) is 6.92 Å². The van der Waals surface area contributed by atoms with Gasteiger partial charge in [-0.15, -0.1) is 13.2 Å². The van der Waals surface area contributed by atoms with Crippen molar-refractivity contribution >= 4 is 0 Å². The Labute approximate surface area is 135 Å². The van der Waals surface area contributed by atoms with Gasteiger partial charge < -0.3 is 0 Å². The average molecular weight is 290 g/mol. The summed E-state index contributed by atoms with van der Waals surface area (Å²) < 4.78 is 0. The van der Waals surface area contributed by atoms with Crippen molar-refractivity contribution in [3.05, 3.63) is 95.6 Å². The molecule has 0 saturated heterocycles. The lowest BCUT2D eigenvalue weighted by atomic mass is 9.76. The fourth-order valence-corrected chi connectivity index (χ4v) is 2.86. The molecule has 0 bridgehead atoms. The van der Waals surface area contributed by atoms with Gasteiger partial charge in [0.2, 0.25) is 0 Å². The van der Waals surface area contributed by atoms with Crippen LogP contribution in [0.1, 0.15) is 41.7 Å². The van der Waals surface area contributed by atoms with Crippen molar-refractivity contribution in [2.24, 2.45) is 0 Å². The zero-order valence-corrected chi connectivity index (χ0v) is 14.0. The summed E-state index contributed by atoms with van der Waals surface area (Å²) in [6, 6.07) is 15.6. The Balaban J connectivity index is 2.45. The molecule has 0 saturated carbocycles. The Hall–Kier alpha value is -2.08. The summed E-state index contributed by atoms with van der Waals surface area (Å²) in [6.07, 6.45) is 5.77. The summed E-state index contributed by atoms with van der Waals surface area (Å²) in [7, 11) is 0. The molecule has 0 heterocycles. The second kappa shape index (κ2) is 6.79. The van der Waals surface area contributed by atoms with Gasteiger partial charge in [-0.2, -0.15) is 0 Å². The van der Waals surface area contributed by atoms with Crippen molar-refractivity contribution in [2.45, 2.75) is 39.0 Å². The summed E-state index contributed by atoms with van der Waals surface area (Å²) in [4.78, 5) is 0. The maximum atomic E-state index is 3.87. The van der Waals surface area contributed by atoms with Gasteiger partial charge in [-0.3, -0.25) is 0 Å². The van der Waals surface area contributed by atoms with E-state index in [1.165, 1.54) is 27.8 Å². The Bertz CT molecular complexity index is 674. The van der Waals surface area contributed by atoms with E-state index in [1.807, 2.05) is 12.2 Å². The van der Waals surface area contributed by atoms with Crippen LogP contribution in [0.5, 0.6) is 0 Å². The van der Waals surface area contributed by atoms with Crippen molar-refractivity contribution in [3.63, 3.8) is 0 Å². The lowest BCUT2D eigenvalue weighted by molar-refractivity contribution is 0.638. The number of aryl methyl sites for hydroxylation is 1. The molecular formula is C22H26. The molecule has 2 aromatic carbocycles. The van der Waals surface area contributed by atoms with Crippen LogP contribution in [0.15, 0.2) is 67.8 Å². The molecule has 0 aliphatic heterocycles. The average Bonchev–Trinajstić information content (AvgIpc) is 2.50. The molecule has 0 aliphatic carbocycles. The summed E-state index contributed by atoms with van der Waals surface area (Å²) >= 11 is 0. The Kier molecular flexibility index (Phi) is 5.03. The third-order valence-corrected chi connectivity index (χ3v) is 4.46. The van der Waals surface area contributed by atoms with Crippen molar-refractivity contribution < 1.29 is 0 Å². The molecular weight excluding hydrogens is 264 g/mol. The van der Waals surface area contributed by atoms with Gasteiger partial charge in [-0.1, -0.05) is 68.5 Å². The van der Waals surface area contributed by atoms with Gasteiger partial charge in [0, 0.05) is 5.41 Å². The maximum Gasteiger partial charge on any atom is 0.0146 e. The predicted molar refractivity (Wildman–Crippen MR) is 97.6 cm³/mol. The van der Waals surface area contributed by atoms with Crippen LogP contribution in [0.2, 0.25) is 0 Å². The molecule has 22 heavy (non-hydrogen) atoms. The van der Waals surface area contributed by atoms with E-state index < -0.39 is 0 Å². The highest BCUT2D eigenvalue weighted by atomic mass is 14.3. The molecule has 2 rings (SSSR count). The number of benzene rings is 2. The number of rotatable bonds is 6. The van der Waals surface area contributed by atoms with Crippen LogP contribution in [-0.4, -0.2) is 0 Å². The van der Waals surface area contributed by atoms with E-state index in [0.29, 0.717) is 0 Å². The summed E-state index contributed by atoms with van der Waals surface area (Å²) in [5.41, 5.74) is 6.70. The molecule has 0 N–H and O–H groups in total. The Morgan fingerprint density at radius 3 is 2.27 bits per heavy atom. The maximum absolute atomic E-state index is 3.87. The fraction of sp³-hybridized carbons (Fsp3) is 0.273. The first-order chi connectivity index (χ1) is 10.5. The van der Waals surface area contributed by atoms with E-state index in [4.69, 9.17) is 0 Å². The van der Waals surface area contributed by atoms with Crippen LogP contribution in [0.25, 0.3) is 0 Å². The predicted octanol–water partition coefficient (Wildman–Crippen LogP) is 5.78. The molecule has 0 spiro atoms. The van der Waals surface area contributed by atoms with Crippen LogP contribution < -0.4 is 0 Å². The van der Waals surface area contributed by atoms with Crippen LogP contribution in [0.3, 0.4) is 0 Å². The number of hydrogen-bond donors (Lipinski definition) is 0. The zero-order chi connectivity index (χ0) is 16.2. The van der Waals surface area contributed by atoms with E-state index in [0.717, 1.165) is 12.8 Å². The standard InChI is InChI=1S/C22H26/c1-6-9-18-11-8-12-20(15-18)22(4,5)21-14-13-17(3)19(16-21)10-7-2/h6-8,11-16H,1-2,9-10H2,3-5H3. The molecule has 0 amide bonds. The van der Waals surface area contributed by atoms with E-state index in [-0.39, 0.29) is 5.41 Å². The van der Waals surface area contributed by atoms with Crippen molar-refractivity contribution in [1.29, 1.82) is 0 Å². The minimum Gasteiger partial charge on any atom is -0.103 e. The Morgan fingerprint density at radius 1 is 0.909 bits per heavy atom. The van der Waals surface area contributed by atoms with Gasteiger partial charge in [-0.25, -0.2) is 0 Å². The normalized spacial score (nSPS) is 11.2. The number of hydrogen-bond acceptors (Lipinski definition) is 0. The minimum absolute atomic E-state index is 0.0131. The Morgan fingerprint density at radius 2 is 1.59 bits per heavy atom. The summed E-state index contributed by atoms with van der Waals surface area (Å²) in [6.45, 7) is 14.5. The van der Waals surface area contributed by atoms with E-state index >= 15 is 0 Å². The first kappa shape index (κ1) is 16.3. The van der Waals surface area contributed by atoms with Crippen LogP contribution in [0.4, 0.5) is 0 Å². The summed E-state index contributed by atoms with van der Waals surface area (Å²) in [5, 5.41) is 0. The van der Waals surface area contributed by atoms with Gasteiger partial charge >= 0.3 is 0 Å². The van der Waals surface area contributed by atoms with Gasteiger partial charge in [0.1, 0.15) is 0 Å². The minimum atomic E-state index is -0.0131. The molecule has 0 heteroatoms. The van der Waals surface area contributed by atoms with E-state index in [9.17, 15) is 0 Å². The molecule has 0 unspecified atom stereocenters. The lowest BCUT2D eigenvalue weighted by Crippen LogP contribution is -2.19. The van der Waals surface area contributed by atoms with Crippen molar-refractivity contribution in [3.8, 4) is 0 Å². The highest BCUT2D eigenvalue weighted by molar-refractivity contribution is 5.43. The smallest absolute Gasteiger partial charge is 0.0146 e. The fourth-order valence-electron chi connectivity index (χ4n) is 2.86. The molecule has 2 aromatic rings. The summed E-state index contributed by atoms with van der Waals surface area (Å²) in [5.74, 6) is 0. The topological polar surface area (TPSA) is 0 Å². The van der Waals surface area contributed by atoms with Gasteiger partial charge in [0.05, 0.1) is 0 Å². The quantitative estimate of drug-likeness (QED) is 0.592. The molecule has 0 aromatic heterocycles. The highest BCUT2D eigenvalue weighted by Gasteiger charge is 2.23. The second-order valence-corrected chi connectivity index (χ2v) is 6.45. The largest absolute Gasteiger partial charge is 0.103 e. The third-order valence-electron chi connectivity index (χ3n) is 4.46. The van der Waals surface area contributed by atoms with Crippen LogP contribution >= 0.6 is 0 Å². The first-order valence-corrected chi connectivity index (χ1v) is 7.90. The zero-order valence-electron chi connectivity index (χ0n) is 14.0. The van der Waals surface area contributed by atoms with Gasteiger partial charge in [-0.05, 0) is 47.6 Å². The van der Waals surface area contributed by atoms with Crippen molar-refractivity contribution in [2.75, 3.05) is 0 Å². The molecule has 0 aliphatic rings. The van der Waals surface area contributed by atoms with Gasteiger partial charge in [0.25, 0.3) is 0 Å². The molecule has 114 valence electrons. The SMILES string of the molecule is C=CCc1cccc(C(C)(C)c2ccc(C)c(CC=C)c2)c1. The molecule has 0 fully saturated rings. The monoisotopic (exact) mass is 290 g/mol. The molecule has 0 radical (unpaired) electrons. The lowest BCUT2D eigenvalue weighted by Gasteiger charge is -2.27. The second-order valence-electron chi connectivity index (χ2n) is 6.45. The van der Waals surface area contributed by atoms with Crippen LogP contribution in [-0.2, 0) is 18.3 Å². The number of allylic oxidation sites excluding steroid dienone is 2. The van der Waals surface area contributed by atoms with Gasteiger partial charge in [0.15, 0.2) is 0 Å². The van der Waals surface area contributed by atoms with E-state index in [2.05, 4.69) is 76.4 Å². The molecule has 0 nitrogen and oxygen atoms in total. The highest BCUT2D eigenvalue weighted by Crippen LogP contribution is 2.33. The van der Waals surface area contributed by atoms with E-state index in [1.54, 1.807) is 0 Å².